The number of aromatic hydroxyl groups is 2. The van der Waals surface area contributed by atoms with Crippen LogP contribution in [0.25, 0.3) is 10.8 Å². The standard InChI is InChI=1S/C19H17N3O3/c23-15-9-8-14(18(24)10-15)11-21-22-19(25)12-20-17-7-3-5-13-4-1-2-6-16(13)17/h1-11,20,23-24H,12H2,(H,22,25). The molecule has 0 aliphatic rings. The van der Waals surface area contributed by atoms with Gasteiger partial charge < -0.3 is 15.5 Å². The normalized spacial score (nSPS) is 10.9. The van der Waals surface area contributed by atoms with Gasteiger partial charge in [-0.3, -0.25) is 4.79 Å². The van der Waals surface area contributed by atoms with E-state index in [1.54, 1.807) is 0 Å². The maximum Gasteiger partial charge on any atom is 0.259 e. The minimum atomic E-state index is -0.317. The van der Waals surface area contributed by atoms with Crippen LogP contribution in [-0.2, 0) is 4.79 Å². The maximum atomic E-state index is 11.9. The smallest absolute Gasteiger partial charge is 0.259 e. The van der Waals surface area contributed by atoms with Gasteiger partial charge in [0.15, 0.2) is 0 Å². The van der Waals surface area contributed by atoms with Gasteiger partial charge in [0.1, 0.15) is 11.5 Å². The first kappa shape index (κ1) is 16.3. The molecule has 0 fully saturated rings. The van der Waals surface area contributed by atoms with Gasteiger partial charge in [-0.2, -0.15) is 5.10 Å². The number of anilines is 1. The zero-order valence-electron chi connectivity index (χ0n) is 13.3. The second-order valence-corrected chi connectivity index (χ2v) is 5.42. The Bertz CT molecular complexity index is 933. The van der Waals surface area contributed by atoms with Crippen molar-refractivity contribution in [2.45, 2.75) is 0 Å². The van der Waals surface area contributed by atoms with Gasteiger partial charge in [0.2, 0.25) is 0 Å². The van der Waals surface area contributed by atoms with E-state index in [1.807, 2.05) is 42.5 Å². The molecule has 25 heavy (non-hydrogen) atoms. The fourth-order valence-electron chi connectivity index (χ4n) is 2.41. The van der Waals surface area contributed by atoms with Crippen LogP contribution in [-0.4, -0.2) is 28.9 Å². The van der Waals surface area contributed by atoms with E-state index in [4.69, 9.17) is 0 Å². The van der Waals surface area contributed by atoms with Crippen LogP contribution in [0.2, 0.25) is 0 Å². The van der Waals surface area contributed by atoms with Crippen molar-refractivity contribution in [3.8, 4) is 11.5 Å². The summed E-state index contributed by atoms with van der Waals surface area (Å²) in [6.07, 6.45) is 1.31. The quantitative estimate of drug-likeness (QED) is 0.426. The predicted molar refractivity (Wildman–Crippen MR) is 97.9 cm³/mol. The van der Waals surface area contributed by atoms with Crippen molar-refractivity contribution in [1.82, 2.24) is 5.43 Å². The van der Waals surface area contributed by atoms with E-state index in [2.05, 4.69) is 15.8 Å². The van der Waals surface area contributed by atoms with Crippen LogP contribution in [0.5, 0.6) is 11.5 Å². The summed E-state index contributed by atoms with van der Waals surface area (Å²) in [6.45, 7) is 0.0624. The summed E-state index contributed by atoms with van der Waals surface area (Å²) in [6, 6.07) is 17.9. The average Bonchev–Trinajstić information content (AvgIpc) is 2.62. The predicted octanol–water partition coefficient (Wildman–Crippen LogP) is 2.81. The molecule has 126 valence electrons. The zero-order chi connectivity index (χ0) is 17.6. The molecule has 3 aromatic rings. The first-order valence-electron chi connectivity index (χ1n) is 7.69. The molecule has 6 nitrogen and oxygen atoms in total. The molecule has 0 atom stereocenters. The zero-order valence-corrected chi connectivity index (χ0v) is 13.3. The first-order valence-corrected chi connectivity index (χ1v) is 7.69. The van der Waals surface area contributed by atoms with Crippen molar-refractivity contribution < 1.29 is 15.0 Å². The molecule has 0 radical (unpaired) electrons. The molecule has 6 heteroatoms. The molecule has 4 N–H and O–H groups in total. The van der Waals surface area contributed by atoms with Gasteiger partial charge in [0, 0.05) is 22.7 Å². The van der Waals surface area contributed by atoms with Gasteiger partial charge in [0.25, 0.3) is 5.91 Å². The Morgan fingerprint density at radius 1 is 1.04 bits per heavy atom. The molecule has 0 spiro atoms. The molecule has 0 heterocycles. The lowest BCUT2D eigenvalue weighted by Crippen LogP contribution is -2.25. The highest BCUT2D eigenvalue weighted by molar-refractivity contribution is 5.95. The Morgan fingerprint density at radius 3 is 2.68 bits per heavy atom. The number of benzene rings is 3. The van der Waals surface area contributed by atoms with E-state index < -0.39 is 0 Å². The topological polar surface area (TPSA) is 94.0 Å². The molecule has 0 unspecified atom stereocenters. The summed E-state index contributed by atoms with van der Waals surface area (Å²) >= 11 is 0. The third-order valence-corrected chi connectivity index (χ3v) is 3.64. The van der Waals surface area contributed by atoms with Gasteiger partial charge >= 0.3 is 0 Å². The number of amides is 1. The van der Waals surface area contributed by atoms with E-state index in [0.29, 0.717) is 5.56 Å². The Morgan fingerprint density at radius 2 is 1.84 bits per heavy atom. The third kappa shape index (κ3) is 4.06. The number of carbonyl (C=O) groups is 1. The number of fused-ring (bicyclic) bond motifs is 1. The molecule has 0 saturated carbocycles. The van der Waals surface area contributed by atoms with Gasteiger partial charge in [-0.15, -0.1) is 0 Å². The summed E-state index contributed by atoms with van der Waals surface area (Å²) in [5, 5.41) is 27.9. The fourth-order valence-corrected chi connectivity index (χ4v) is 2.41. The number of nitrogens with zero attached hydrogens (tertiary/aromatic N) is 1. The number of nitrogens with one attached hydrogen (secondary N) is 2. The van der Waals surface area contributed by atoms with Gasteiger partial charge in [-0.1, -0.05) is 36.4 Å². The summed E-state index contributed by atoms with van der Waals surface area (Å²) in [5.41, 5.74) is 3.64. The Labute approximate surface area is 144 Å². The Balaban J connectivity index is 1.58. The van der Waals surface area contributed by atoms with Gasteiger partial charge in [-0.25, -0.2) is 5.43 Å². The monoisotopic (exact) mass is 335 g/mol. The Kier molecular flexibility index (Phi) is 4.80. The molecule has 0 aromatic heterocycles. The van der Waals surface area contributed by atoms with Crippen molar-refractivity contribution in [2.24, 2.45) is 5.10 Å². The van der Waals surface area contributed by atoms with E-state index in [-0.39, 0.29) is 24.0 Å². The number of phenolic OH excluding ortho intramolecular Hbond substituents is 2. The molecular formula is C19H17N3O3. The van der Waals surface area contributed by atoms with Crippen molar-refractivity contribution in [1.29, 1.82) is 0 Å². The molecule has 0 saturated heterocycles. The second kappa shape index (κ2) is 7.35. The van der Waals surface area contributed by atoms with E-state index in [1.165, 1.54) is 24.4 Å². The van der Waals surface area contributed by atoms with Crippen molar-refractivity contribution >= 4 is 28.6 Å². The number of hydrogen-bond acceptors (Lipinski definition) is 5. The van der Waals surface area contributed by atoms with E-state index in [9.17, 15) is 15.0 Å². The number of phenols is 2. The van der Waals surface area contributed by atoms with E-state index in [0.717, 1.165) is 16.5 Å². The van der Waals surface area contributed by atoms with Crippen LogP contribution in [0.15, 0.2) is 65.8 Å². The highest BCUT2D eigenvalue weighted by Gasteiger charge is 2.03. The van der Waals surface area contributed by atoms with Crippen LogP contribution < -0.4 is 10.7 Å². The number of hydrogen-bond donors (Lipinski definition) is 4. The molecular weight excluding hydrogens is 318 g/mol. The molecule has 0 aliphatic carbocycles. The molecule has 0 aliphatic heterocycles. The minimum absolute atomic E-state index is 0.0435. The lowest BCUT2D eigenvalue weighted by atomic mass is 10.1. The SMILES string of the molecule is O=C(CNc1cccc2ccccc12)NN=Cc1ccc(O)cc1O. The third-order valence-electron chi connectivity index (χ3n) is 3.64. The average molecular weight is 335 g/mol. The van der Waals surface area contributed by atoms with E-state index >= 15 is 0 Å². The molecule has 1 amide bonds. The minimum Gasteiger partial charge on any atom is -0.508 e. The van der Waals surface area contributed by atoms with Crippen LogP contribution in [0.3, 0.4) is 0 Å². The Hall–Kier alpha value is -3.54. The second-order valence-electron chi connectivity index (χ2n) is 5.42. The number of rotatable bonds is 5. The first-order chi connectivity index (χ1) is 12.1. The molecule has 3 rings (SSSR count). The fraction of sp³-hybridized carbons (Fsp3) is 0.0526. The highest BCUT2D eigenvalue weighted by atomic mass is 16.3. The lowest BCUT2D eigenvalue weighted by Gasteiger charge is -2.08. The summed E-state index contributed by atoms with van der Waals surface area (Å²) < 4.78 is 0. The molecule has 0 bridgehead atoms. The lowest BCUT2D eigenvalue weighted by molar-refractivity contribution is -0.119. The largest absolute Gasteiger partial charge is 0.508 e. The van der Waals surface area contributed by atoms with Gasteiger partial charge in [0.05, 0.1) is 12.8 Å². The van der Waals surface area contributed by atoms with Crippen LogP contribution in [0.1, 0.15) is 5.56 Å². The molecule has 3 aromatic carbocycles. The van der Waals surface area contributed by atoms with Crippen molar-refractivity contribution in [2.75, 3.05) is 11.9 Å². The van der Waals surface area contributed by atoms with Crippen molar-refractivity contribution in [3.63, 3.8) is 0 Å². The van der Waals surface area contributed by atoms with Crippen LogP contribution in [0.4, 0.5) is 5.69 Å². The maximum absolute atomic E-state index is 11.9. The van der Waals surface area contributed by atoms with Crippen LogP contribution >= 0.6 is 0 Å². The van der Waals surface area contributed by atoms with Gasteiger partial charge in [-0.05, 0) is 23.6 Å². The summed E-state index contributed by atoms with van der Waals surface area (Å²) in [7, 11) is 0. The summed E-state index contributed by atoms with van der Waals surface area (Å²) in [5.74, 6) is -0.479. The number of carbonyl (C=O) groups excluding carboxylic acids is 1. The number of hydrazone groups is 1. The summed E-state index contributed by atoms with van der Waals surface area (Å²) in [4.78, 5) is 11.9. The highest BCUT2D eigenvalue weighted by Crippen LogP contribution is 2.22. The van der Waals surface area contributed by atoms with Crippen LogP contribution in [0, 0.1) is 0 Å². The van der Waals surface area contributed by atoms with Crippen molar-refractivity contribution in [3.05, 3.63) is 66.2 Å².